The van der Waals surface area contributed by atoms with Gasteiger partial charge in [0.25, 0.3) is 0 Å². The highest BCUT2D eigenvalue weighted by Crippen LogP contribution is 2.31. The van der Waals surface area contributed by atoms with Gasteiger partial charge in [-0.3, -0.25) is 4.79 Å². The fourth-order valence-corrected chi connectivity index (χ4v) is 4.45. The first kappa shape index (κ1) is 33.9. The summed E-state index contributed by atoms with van der Waals surface area (Å²) in [6.45, 7) is 11.0. The maximum atomic E-state index is 15.9. The van der Waals surface area contributed by atoms with Gasteiger partial charge in [-0.15, -0.1) is 0 Å². The zero-order valence-electron chi connectivity index (χ0n) is 27.1. The molecule has 0 unspecified atom stereocenters. The van der Waals surface area contributed by atoms with Crippen molar-refractivity contribution >= 4 is 12.1 Å². The molecule has 0 aliphatic heterocycles. The van der Waals surface area contributed by atoms with Gasteiger partial charge in [-0.05, 0) is 83.0 Å². The fraction of sp³-hybridized carbons (Fsp3) is 0.333. The minimum atomic E-state index is -0.675. The van der Waals surface area contributed by atoms with Gasteiger partial charge in [-0.25, -0.2) is 19.2 Å². The molecule has 0 radical (unpaired) electrons. The summed E-state index contributed by atoms with van der Waals surface area (Å²) in [5.74, 6) is 0.167. The van der Waals surface area contributed by atoms with Crippen molar-refractivity contribution in [1.29, 1.82) is 0 Å². The van der Waals surface area contributed by atoms with Crippen LogP contribution in [0, 0.1) is 5.82 Å². The zero-order chi connectivity index (χ0) is 33.3. The van der Waals surface area contributed by atoms with E-state index in [4.69, 9.17) is 18.9 Å². The van der Waals surface area contributed by atoms with E-state index in [9.17, 15) is 9.59 Å². The molecule has 0 saturated carbocycles. The molecule has 1 heterocycles. The third kappa shape index (κ3) is 10.6. The molecule has 10 heteroatoms. The van der Waals surface area contributed by atoms with E-state index in [0.717, 1.165) is 0 Å². The van der Waals surface area contributed by atoms with Crippen molar-refractivity contribution in [2.45, 2.75) is 78.9 Å². The van der Waals surface area contributed by atoms with Gasteiger partial charge in [0.05, 0.1) is 12.1 Å². The first-order chi connectivity index (χ1) is 21.8. The molecule has 9 nitrogen and oxygen atoms in total. The molecule has 242 valence electrons. The molecule has 0 spiro atoms. The second-order valence-corrected chi connectivity index (χ2v) is 12.6. The van der Waals surface area contributed by atoms with E-state index in [1.54, 1.807) is 63.4 Å². The molecular formula is C36H40FN3O6. The number of halogens is 1. The Balaban J connectivity index is 1.59. The Morgan fingerprint density at radius 1 is 0.826 bits per heavy atom. The molecule has 3 aromatic carbocycles. The quantitative estimate of drug-likeness (QED) is 0.172. The van der Waals surface area contributed by atoms with Gasteiger partial charge in [0.1, 0.15) is 48.1 Å². The van der Waals surface area contributed by atoms with Crippen LogP contribution in [0.3, 0.4) is 0 Å². The zero-order valence-corrected chi connectivity index (χ0v) is 27.1. The van der Waals surface area contributed by atoms with Crippen LogP contribution in [0.25, 0.3) is 11.1 Å². The van der Waals surface area contributed by atoms with Crippen molar-refractivity contribution in [3.8, 4) is 22.6 Å². The van der Waals surface area contributed by atoms with Crippen LogP contribution in [-0.4, -0.2) is 33.2 Å². The van der Waals surface area contributed by atoms with Gasteiger partial charge < -0.3 is 24.3 Å². The standard InChI is InChI=1S/C36H40FN3O6/c1-35(2,3)45-32(41)19-25-10-7-8-13-31(25)44-21-24-16-27(18-29(17-24)43-22-28-14-15-38-23-40-28)30-12-9-11-26(33(30)37)20-39-34(42)46-36(4,5)6/h7-18,23H,19-22H2,1-6H3,(H,39,42). The molecule has 0 fully saturated rings. The van der Waals surface area contributed by atoms with E-state index in [2.05, 4.69) is 15.3 Å². The van der Waals surface area contributed by atoms with Crippen LogP contribution in [0.4, 0.5) is 9.18 Å². The van der Waals surface area contributed by atoms with Gasteiger partial charge in [-0.2, -0.15) is 0 Å². The Hall–Kier alpha value is -4.99. The van der Waals surface area contributed by atoms with Gasteiger partial charge in [-0.1, -0.05) is 36.4 Å². The van der Waals surface area contributed by atoms with Gasteiger partial charge in [0.15, 0.2) is 0 Å². The summed E-state index contributed by atoms with van der Waals surface area (Å²) in [5.41, 5.74) is 1.96. The van der Waals surface area contributed by atoms with Crippen molar-refractivity contribution in [3.63, 3.8) is 0 Å². The number of hydrogen-bond donors (Lipinski definition) is 1. The number of nitrogens with one attached hydrogen (secondary N) is 1. The highest BCUT2D eigenvalue weighted by Gasteiger charge is 2.20. The number of rotatable bonds is 11. The van der Waals surface area contributed by atoms with Crippen LogP contribution in [0.2, 0.25) is 0 Å². The first-order valence-corrected chi connectivity index (χ1v) is 14.9. The molecular weight excluding hydrogens is 589 g/mol. The van der Waals surface area contributed by atoms with Crippen molar-refractivity contribution in [2.75, 3.05) is 0 Å². The van der Waals surface area contributed by atoms with Crippen molar-refractivity contribution < 1.29 is 32.9 Å². The van der Waals surface area contributed by atoms with E-state index >= 15 is 4.39 Å². The number of esters is 1. The summed E-state index contributed by atoms with van der Waals surface area (Å²) >= 11 is 0. The molecule has 1 aromatic heterocycles. The number of carbonyl (C=O) groups is 2. The molecule has 0 aliphatic rings. The second kappa shape index (κ2) is 14.9. The largest absolute Gasteiger partial charge is 0.489 e. The molecule has 4 rings (SSSR count). The summed E-state index contributed by atoms with van der Waals surface area (Å²) in [6, 6.07) is 19.4. The lowest BCUT2D eigenvalue weighted by atomic mass is 9.99. The van der Waals surface area contributed by atoms with Crippen LogP contribution in [0.1, 0.15) is 63.9 Å². The number of amides is 1. The predicted octanol–water partition coefficient (Wildman–Crippen LogP) is 7.35. The molecule has 0 atom stereocenters. The first-order valence-electron chi connectivity index (χ1n) is 14.9. The molecule has 4 aromatic rings. The minimum Gasteiger partial charge on any atom is -0.489 e. The van der Waals surface area contributed by atoms with Crippen LogP contribution in [-0.2, 0) is 40.4 Å². The van der Waals surface area contributed by atoms with E-state index in [1.165, 1.54) is 6.33 Å². The monoisotopic (exact) mass is 629 g/mol. The predicted molar refractivity (Wildman–Crippen MR) is 172 cm³/mol. The van der Waals surface area contributed by atoms with Crippen LogP contribution < -0.4 is 14.8 Å². The number of nitrogens with zero attached hydrogens (tertiary/aromatic N) is 2. The molecule has 0 aliphatic carbocycles. The third-order valence-corrected chi connectivity index (χ3v) is 6.33. The lowest BCUT2D eigenvalue weighted by Gasteiger charge is -2.20. The highest BCUT2D eigenvalue weighted by atomic mass is 19.1. The van der Waals surface area contributed by atoms with Crippen molar-refractivity contribution in [1.82, 2.24) is 15.3 Å². The van der Waals surface area contributed by atoms with Crippen LogP contribution >= 0.6 is 0 Å². The maximum absolute atomic E-state index is 15.9. The smallest absolute Gasteiger partial charge is 0.407 e. The van der Waals surface area contributed by atoms with Crippen LogP contribution in [0.5, 0.6) is 11.5 Å². The summed E-state index contributed by atoms with van der Waals surface area (Å²) in [4.78, 5) is 32.9. The summed E-state index contributed by atoms with van der Waals surface area (Å²) in [6.07, 6.45) is 2.48. The second-order valence-electron chi connectivity index (χ2n) is 12.6. The number of benzene rings is 3. The molecule has 46 heavy (non-hydrogen) atoms. The fourth-order valence-electron chi connectivity index (χ4n) is 4.45. The number of ether oxygens (including phenoxy) is 4. The summed E-state index contributed by atoms with van der Waals surface area (Å²) in [7, 11) is 0. The molecule has 1 N–H and O–H groups in total. The van der Waals surface area contributed by atoms with Gasteiger partial charge in [0.2, 0.25) is 0 Å². The van der Waals surface area contributed by atoms with Crippen molar-refractivity contribution in [2.24, 2.45) is 0 Å². The topological polar surface area (TPSA) is 109 Å². The maximum Gasteiger partial charge on any atom is 0.407 e. The Labute approximate surface area is 269 Å². The lowest BCUT2D eigenvalue weighted by Crippen LogP contribution is -2.32. The number of aromatic nitrogens is 2. The Morgan fingerprint density at radius 3 is 2.28 bits per heavy atom. The summed E-state index contributed by atoms with van der Waals surface area (Å²) in [5, 5.41) is 2.61. The number of para-hydroxylation sites is 1. The van der Waals surface area contributed by atoms with Crippen molar-refractivity contribution in [3.05, 3.63) is 107 Å². The van der Waals surface area contributed by atoms with E-state index < -0.39 is 23.1 Å². The molecule has 1 amide bonds. The average molecular weight is 630 g/mol. The van der Waals surface area contributed by atoms with Gasteiger partial charge in [0, 0.05) is 29.4 Å². The number of carbonyl (C=O) groups excluding carboxylic acids is 2. The number of alkyl carbamates (subject to hydrolysis) is 1. The van der Waals surface area contributed by atoms with E-state index in [1.807, 2.05) is 51.1 Å². The average Bonchev–Trinajstić information content (AvgIpc) is 2.98. The minimum absolute atomic E-state index is 0.0517. The van der Waals surface area contributed by atoms with E-state index in [0.29, 0.717) is 45.0 Å². The Bertz CT molecular complexity index is 1650. The molecule has 0 saturated heterocycles. The Kier molecular flexibility index (Phi) is 10.9. The highest BCUT2D eigenvalue weighted by molar-refractivity contribution is 5.74. The number of hydrogen-bond acceptors (Lipinski definition) is 8. The van der Waals surface area contributed by atoms with Gasteiger partial charge >= 0.3 is 12.1 Å². The normalized spacial score (nSPS) is 11.5. The Morgan fingerprint density at radius 2 is 1.57 bits per heavy atom. The summed E-state index contributed by atoms with van der Waals surface area (Å²) < 4.78 is 38.9. The SMILES string of the molecule is CC(C)(C)OC(=O)Cc1ccccc1OCc1cc(OCc2ccncn2)cc(-c2cccc(CNC(=O)OC(C)(C)C)c2F)c1. The molecule has 0 bridgehead atoms. The van der Waals surface area contributed by atoms with E-state index in [-0.39, 0.29) is 32.1 Å². The lowest BCUT2D eigenvalue weighted by molar-refractivity contribution is -0.153. The third-order valence-electron chi connectivity index (χ3n) is 6.33. The van der Waals surface area contributed by atoms with Crippen LogP contribution in [0.15, 0.2) is 79.3 Å².